The summed E-state index contributed by atoms with van der Waals surface area (Å²) in [5.74, 6) is 2.03. The van der Waals surface area contributed by atoms with E-state index in [1.807, 2.05) is 30.6 Å². The number of thiazole rings is 1. The molecule has 4 rings (SSSR count). The lowest BCUT2D eigenvalue weighted by atomic mass is 10.0. The number of anilines is 1. The van der Waals surface area contributed by atoms with Crippen LogP contribution in [0.5, 0.6) is 0 Å². The van der Waals surface area contributed by atoms with Crippen molar-refractivity contribution in [3.05, 3.63) is 71.5 Å². The van der Waals surface area contributed by atoms with Crippen LogP contribution >= 0.6 is 11.3 Å². The number of aromatic nitrogens is 3. The van der Waals surface area contributed by atoms with E-state index in [4.69, 9.17) is 0 Å². The molecule has 4 nitrogen and oxygen atoms in total. The smallest absolute Gasteiger partial charge is 0.130 e. The van der Waals surface area contributed by atoms with E-state index in [1.54, 1.807) is 11.3 Å². The van der Waals surface area contributed by atoms with Crippen LogP contribution in [-0.4, -0.2) is 21.5 Å². The van der Waals surface area contributed by atoms with Crippen molar-refractivity contribution in [3.8, 4) is 11.3 Å². The van der Waals surface area contributed by atoms with Crippen LogP contribution < -0.4 is 5.32 Å². The van der Waals surface area contributed by atoms with Crippen molar-refractivity contribution < 1.29 is 0 Å². The van der Waals surface area contributed by atoms with Crippen molar-refractivity contribution in [3.63, 3.8) is 0 Å². The molecule has 5 heteroatoms. The third kappa shape index (κ3) is 3.58. The van der Waals surface area contributed by atoms with Gasteiger partial charge in [0, 0.05) is 18.2 Å². The fraction of sp³-hybridized carbons (Fsp3) is 0.190. The van der Waals surface area contributed by atoms with Crippen LogP contribution in [0.3, 0.4) is 0 Å². The molecule has 0 aliphatic rings. The summed E-state index contributed by atoms with van der Waals surface area (Å²) in [6.07, 6.45) is 0. The first-order chi connectivity index (χ1) is 12.7. The largest absolute Gasteiger partial charge is 0.369 e. The van der Waals surface area contributed by atoms with Gasteiger partial charge in [-0.15, -0.1) is 11.3 Å². The highest BCUT2D eigenvalue weighted by molar-refractivity contribution is 7.16. The Morgan fingerprint density at radius 2 is 1.88 bits per heavy atom. The molecule has 4 aromatic rings. The minimum Gasteiger partial charge on any atom is -0.369 e. The number of aryl methyl sites for hydroxylation is 1. The van der Waals surface area contributed by atoms with Gasteiger partial charge in [0.05, 0.1) is 21.4 Å². The number of rotatable bonds is 5. The molecular formula is C21H20N4S. The van der Waals surface area contributed by atoms with E-state index in [0.29, 0.717) is 5.92 Å². The molecule has 2 aromatic heterocycles. The summed E-state index contributed by atoms with van der Waals surface area (Å²) in [7, 11) is 0. The summed E-state index contributed by atoms with van der Waals surface area (Å²) in [4.78, 5) is 13.5. The zero-order valence-corrected chi connectivity index (χ0v) is 15.6. The van der Waals surface area contributed by atoms with Crippen molar-refractivity contribution in [1.82, 2.24) is 15.0 Å². The Morgan fingerprint density at radius 3 is 2.73 bits per heavy atom. The van der Waals surface area contributed by atoms with Crippen LogP contribution in [0.1, 0.15) is 24.2 Å². The fourth-order valence-electron chi connectivity index (χ4n) is 2.98. The van der Waals surface area contributed by atoms with Gasteiger partial charge in [0.25, 0.3) is 0 Å². The van der Waals surface area contributed by atoms with Crippen molar-refractivity contribution in [1.29, 1.82) is 0 Å². The van der Waals surface area contributed by atoms with Crippen LogP contribution in [0.15, 0.2) is 60.1 Å². The molecule has 1 N–H and O–H groups in total. The summed E-state index contributed by atoms with van der Waals surface area (Å²) in [6, 6.07) is 18.8. The Kier molecular flexibility index (Phi) is 4.63. The van der Waals surface area contributed by atoms with Gasteiger partial charge in [-0.2, -0.15) is 0 Å². The lowest BCUT2D eigenvalue weighted by Crippen LogP contribution is -2.11. The molecule has 2 heterocycles. The molecule has 0 saturated carbocycles. The normalized spacial score (nSPS) is 12.2. The second kappa shape index (κ2) is 7.22. The number of hydrogen-bond acceptors (Lipinski definition) is 5. The lowest BCUT2D eigenvalue weighted by Gasteiger charge is -2.14. The predicted molar refractivity (Wildman–Crippen MR) is 109 cm³/mol. The van der Waals surface area contributed by atoms with Gasteiger partial charge in [0.15, 0.2) is 0 Å². The van der Waals surface area contributed by atoms with Crippen molar-refractivity contribution in [2.75, 3.05) is 11.9 Å². The summed E-state index contributed by atoms with van der Waals surface area (Å²) in [5, 5.41) is 3.47. The standard InChI is InChI=1S/C21H20N4S/c1-14(16-6-4-3-5-7-16)12-22-21-11-19(24-15(2)25-21)17-8-9-18-20(10-17)26-13-23-18/h3-11,13-14H,12H2,1-2H3,(H,22,24,25)/t14-/m0/s1. The highest BCUT2D eigenvalue weighted by Crippen LogP contribution is 2.26. The third-order valence-corrected chi connectivity index (χ3v) is 5.21. The average molecular weight is 360 g/mol. The van der Waals surface area contributed by atoms with E-state index in [2.05, 4.69) is 63.6 Å². The second-order valence-corrected chi connectivity index (χ2v) is 7.30. The monoisotopic (exact) mass is 360 g/mol. The van der Waals surface area contributed by atoms with Crippen molar-refractivity contribution in [2.24, 2.45) is 0 Å². The molecule has 0 bridgehead atoms. The Labute approximate surface area is 157 Å². The Hall–Kier alpha value is -2.79. The Morgan fingerprint density at radius 1 is 1.04 bits per heavy atom. The molecule has 0 aliphatic carbocycles. The summed E-state index contributed by atoms with van der Waals surface area (Å²) >= 11 is 1.65. The number of hydrogen-bond donors (Lipinski definition) is 1. The molecule has 0 radical (unpaired) electrons. The first kappa shape index (κ1) is 16.7. The maximum atomic E-state index is 4.61. The van der Waals surface area contributed by atoms with Crippen molar-refractivity contribution in [2.45, 2.75) is 19.8 Å². The van der Waals surface area contributed by atoms with Crippen LogP contribution in [0.2, 0.25) is 0 Å². The highest BCUT2D eigenvalue weighted by Gasteiger charge is 2.09. The maximum Gasteiger partial charge on any atom is 0.130 e. The van der Waals surface area contributed by atoms with Gasteiger partial charge in [-0.05, 0) is 30.5 Å². The molecule has 0 spiro atoms. The van der Waals surface area contributed by atoms with E-state index in [9.17, 15) is 0 Å². The summed E-state index contributed by atoms with van der Waals surface area (Å²) in [6.45, 7) is 4.98. The first-order valence-electron chi connectivity index (χ1n) is 8.67. The lowest BCUT2D eigenvalue weighted by molar-refractivity contribution is 0.800. The van der Waals surface area contributed by atoms with E-state index in [-0.39, 0.29) is 0 Å². The van der Waals surface area contributed by atoms with Crippen LogP contribution in [0.4, 0.5) is 5.82 Å². The fourth-order valence-corrected chi connectivity index (χ4v) is 3.69. The topological polar surface area (TPSA) is 50.7 Å². The summed E-state index contributed by atoms with van der Waals surface area (Å²) in [5.41, 5.74) is 6.24. The number of nitrogens with one attached hydrogen (secondary N) is 1. The molecule has 0 unspecified atom stereocenters. The minimum absolute atomic E-state index is 0.406. The average Bonchev–Trinajstić information content (AvgIpc) is 3.14. The molecule has 2 aromatic carbocycles. The molecule has 130 valence electrons. The maximum absolute atomic E-state index is 4.61. The Bertz CT molecular complexity index is 1030. The van der Waals surface area contributed by atoms with Crippen LogP contribution in [0, 0.1) is 6.92 Å². The molecule has 0 amide bonds. The zero-order chi connectivity index (χ0) is 17.9. The first-order valence-corrected chi connectivity index (χ1v) is 9.55. The molecular weight excluding hydrogens is 340 g/mol. The van der Waals surface area contributed by atoms with Gasteiger partial charge < -0.3 is 5.32 Å². The van der Waals surface area contributed by atoms with Crippen LogP contribution in [-0.2, 0) is 0 Å². The molecule has 0 fully saturated rings. The van der Waals surface area contributed by atoms with Gasteiger partial charge in [0.1, 0.15) is 11.6 Å². The van der Waals surface area contributed by atoms with Gasteiger partial charge in [-0.1, -0.05) is 43.3 Å². The van der Waals surface area contributed by atoms with Gasteiger partial charge in [-0.25, -0.2) is 15.0 Å². The van der Waals surface area contributed by atoms with E-state index < -0.39 is 0 Å². The number of nitrogens with zero attached hydrogens (tertiary/aromatic N) is 3. The third-order valence-electron chi connectivity index (χ3n) is 4.42. The second-order valence-electron chi connectivity index (χ2n) is 6.41. The van der Waals surface area contributed by atoms with E-state index >= 15 is 0 Å². The van der Waals surface area contributed by atoms with Gasteiger partial charge in [0.2, 0.25) is 0 Å². The Balaban J connectivity index is 1.56. The van der Waals surface area contributed by atoms with E-state index in [0.717, 1.165) is 35.0 Å². The highest BCUT2D eigenvalue weighted by atomic mass is 32.1. The zero-order valence-electron chi connectivity index (χ0n) is 14.8. The molecule has 0 aliphatic heterocycles. The molecule has 0 saturated heterocycles. The molecule has 26 heavy (non-hydrogen) atoms. The number of fused-ring (bicyclic) bond motifs is 1. The quantitative estimate of drug-likeness (QED) is 0.526. The number of benzene rings is 2. The minimum atomic E-state index is 0.406. The SMILES string of the molecule is Cc1nc(NC[C@H](C)c2ccccc2)cc(-c2ccc3ncsc3c2)n1. The van der Waals surface area contributed by atoms with Gasteiger partial charge >= 0.3 is 0 Å². The van der Waals surface area contributed by atoms with Crippen LogP contribution in [0.25, 0.3) is 21.5 Å². The van der Waals surface area contributed by atoms with Gasteiger partial charge in [-0.3, -0.25) is 0 Å². The predicted octanol–water partition coefficient (Wildman–Crippen LogP) is 5.28. The molecule has 1 atom stereocenters. The summed E-state index contributed by atoms with van der Waals surface area (Å²) < 4.78 is 1.17. The van der Waals surface area contributed by atoms with E-state index in [1.165, 1.54) is 10.3 Å². The van der Waals surface area contributed by atoms with Crippen molar-refractivity contribution >= 4 is 27.4 Å².